The molecule has 1 aromatic heterocycles. The largest absolute Gasteiger partial charge is 0.452 e. The molecule has 102 valence electrons. The molecule has 0 fully saturated rings. The van der Waals surface area contributed by atoms with Crippen molar-refractivity contribution in [3.05, 3.63) is 42.3 Å². The maximum absolute atomic E-state index is 13.9. The fraction of sp³-hybridized carbons (Fsp3) is 0.0714. The molecule has 0 aliphatic rings. The molecule has 4 N–H and O–H groups in total. The summed E-state index contributed by atoms with van der Waals surface area (Å²) in [5.41, 5.74) is 7.79. The third kappa shape index (κ3) is 2.11. The first-order chi connectivity index (χ1) is 9.67. The van der Waals surface area contributed by atoms with Crippen molar-refractivity contribution in [2.24, 2.45) is 0 Å². The number of anilines is 2. The van der Waals surface area contributed by atoms with Crippen molar-refractivity contribution in [1.82, 2.24) is 10.2 Å². The van der Waals surface area contributed by atoms with Gasteiger partial charge in [-0.2, -0.15) is 5.10 Å². The lowest BCUT2D eigenvalue weighted by Crippen LogP contribution is -1.95. The SMILES string of the molecule is CNc1ccc(Oc2cc3cn[nH]c3cc2N)c(F)c1. The van der Waals surface area contributed by atoms with Gasteiger partial charge in [0.15, 0.2) is 17.3 Å². The van der Waals surface area contributed by atoms with Crippen molar-refractivity contribution >= 4 is 22.3 Å². The van der Waals surface area contributed by atoms with Gasteiger partial charge in [-0.1, -0.05) is 0 Å². The summed E-state index contributed by atoms with van der Waals surface area (Å²) < 4.78 is 19.4. The lowest BCUT2D eigenvalue weighted by atomic mass is 10.2. The van der Waals surface area contributed by atoms with Crippen molar-refractivity contribution in [3.63, 3.8) is 0 Å². The molecule has 0 spiro atoms. The van der Waals surface area contributed by atoms with Crippen LogP contribution in [-0.4, -0.2) is 17.2 Å². The fourth-order valence-electron chi connectivity index (χ4n) is 1.93. The van der Waals surface area contributed by atoms with E-state index < -0.39 is 5.82 Å². The summed E-state index contributed by atoms with van der Waals surface area (Å²) in [7, 11) is 1.72. The molecule has 0 atom stereocenters. The molecule has 1 heterocycles. The van der Waals surface area contributed by atoms with Gasteiger partial charge in [0.05, 0.1) is 17.4 Å². The van der Waals surface area contributed by atoms with Crippen LogP contribution in [0.3, 0.4) is 0 Å². The molecule has 0 aliphatic carbocycles. The highest BCUT2D eigenvalue weighted by molar-refractivity contribution is 5.84. The summed E-state index contributed by atoms with van der Waals surface area (Å²) in [6.07, 6.45) is 1.65. The Morgan fingerprint density at radius 1 is 1.25 bits per heavy atom. The molecule has 0 saturated heterocycles. The van der Waals surface area contributed by atoms with E-state index in [0.717, 1.165) is 10.9 Å². The first-order valence-electron chi connectivity index (χ1n) is 6.05. The summed E-state index contributed by atoms with van der Waals surface area (Å²) in [4.78, 5) is 0. The lowest BCUT2D eigenvalue weighted by molar-refractivity contribution is 0.445. The van der Waals surface area contributed by atoms with Gasteiger partial charge >= 0.3 is 0 Å². The Morgan fingerprint density at radius 3 is 2.85 bits per heavy atom. The van der Waals surface area contributed by atoms with Gasteiger partial charge in [-0.05, 0) is 24.3 Å². The lowest BCUT2D eigenvalue weighted by Gasteiger charge is -2.10. The van der Waals surface area contributed by atoms with Crippen LogP contribution in [0, 0.1) is 5.82 Å². The Labute approximate surface area is 114 Å². The van der Waals surface area contributed by atoms with Crippen LogP contribution in [0.25, 0.3) is 10.9 Å². The van der Waals surface area contributed by atoms with Gasteiger partial charge in [0.2, 0.25) is 0 Å². The highest BCUT2D eigenvalue weighted by Gasteiger charge is 2.10. The van der Waals surface area contributed by atoms with E-state index in [-0.39, 0.29) is 5.75 Å². The number of ether oxygens (including phenoxy) is 1. The van der Waals surface area contributed by atoms with Crippen molar-refractivity contribution < 1.29 is 9.13 Å². The average Bonchev–Trinajstić information content (AvgIpc) is 2.88. The van der Waals surface area contributed by atoms with Crippen molar-refractivity contribution in [2.75, 3.05) is 18.1 Å². The number of nitrogens with two attached hydrogens (primary N) is 1. The van der Waals surface area contributed by atoms with Gasteiger partial charge < -0.3 is 15.8 Å². The first kappa shape index (κ1) is 12.3. The van der Waals surface area contributed by atoms with Crippen molar-refractivity contribution in [2.45, 2.75) is 0 Å². The number of hydrogen-bond acceptors (Lipinski definition) is 4. The summed E-state index contributed by atoms with van der Waals surface area (Å²) in [6.45, 7) is 0. The number of hydrogen-bond donors (Lipinski definition) is 3. The van der Waals surface area contributed by atoms with Crippen LogP contribution in [0.15, 0.2) is 36.5 Å². The summed E-state index contributed by atoms with van der Waals surface area (Å²) in [5, 5.41) is 10.4. The Balaban J connectivity index is 1.98. The van der Waals surface area contributed by atoms with Gasteiger partial charge in [-0.15, -0.1) is 0 Å². The molecule has 0 saturated carbocycles. The van der Waals surface area contributed by atoms with Crippen molar-refractivity contribution in [3.8, 4) is 11.5 Å². The van der Waals surface area contributed by atoms with E-state index in [0.29, 0.717) is 17.1 Å². The van der Waals surface area contributed by atoms with E-state index >= 15 is 0 Å². The molecule has 20 heavy (non-hydrogen) atoms. The van der Waals surface area contributed by atoms with Crippen LogP contribution in [-0.2, 0) is 0 Å². The van der Waals surface area contributed by atoms with Gasteiger partial charge in [-0.3, -0.25) is 5.10 Å². The number of aromatic amines is 1. The Bertz CT molecular complexity index is 769. The standard InChI is InChI=1S/C14H13FN4O/c1-17-9-2-3-13(10(15)5-9)20-14-4-8-7-18-19-12(8)6-11(14)16/h2-7,17H,16H2,1H3,(H,18,19). The average molecular weight is 272 g/mol. The number of fused-ring (bicyclic) bond motifs is 1. The molecule has 0 amide bonds. The zero-order valence-electron chi connectivity index (χ0n) is 10.8. The van der Waals surface area contributed by atoms with Crippen LogP contribution in [0.1, 0.15) is 0 Å². The van der Waals surface area contributed by atoms with E-state index in [1.54, 1.807) is 37.5 Å². The van der Waals surface area contributed by atoms with Crippen LogP contribution >= 0.6 is 0 Å². The van der Waals surface area contributed by atoms with Gasteiger partial charge in [0.25, 0.3) is 0 Å². The zero-order chi connectivity index (χ0) is 14.1. The molecule has 6 heteroatoms. The highest BCUT2D eigenvalue weighted by Crippen LogP contribution is 2.33. The fourth-order valence-corrected chi connectivity index (χ4v) is 1.93. The predicted octanol–water partition coefficient (Wildman–Crippen LogP) is 3.12. The van der Waals surface area contributed by atoms with Crippen LogP contribution < -0.4 is 15.8 Å². The molecular weight excluding hydrogens is 259 g/mol. The minimum Gasteiger partial charge on any atom is -0.452 e. The van der Waals surface area contributed by atoms with Crippen LogP contribution in [0.2, 0.25) is 0 Å². The molecule has 0 radical (unpaired) electrons. The molecule has 2 aromatic carbocycles. The first-order valence-corrected chi connectivity index (χ1v) is 6.05. The summed E-state index contributed by atoms with van der Waals surface area (Å²) in [5.74, 6) is 0.0668. The van der Waals surface area contributed by atoms with Gasteiger partial charge in [0.1, 0.15) is 0 Å². The number of aromatic nitrogens is 2. The van der Waals surface area contributed by atoms with E-state index in [1.165, 1.54) is 6.07 Å². The predicted molar refractivity (Wildman–Crippen MR) is 76.5 cm³/mol. The molecule has 3 rings (SSSR count). The Hall–Kier alpha value is -2.76. The Kier molecular flexibility index (Phi) is 2.90. The second kappa shape index (κ2) is 4.73. The third-order valence-corrected chi connectivity index (χ3v) is 3.01. The van der Waals surface area contributed by atoms with Crippen molar-refractivity contribution in [1.29, 1.82) is 0 Å². The number of halogens is 1. The smallest absolute Gasteiger partial charge is 0.167 e. The number of benzene rings is 2. The summed E-state index contributed by atoms with van der Waals surface area (Å²) in [6, 6.07) is 8.07. The minimum absolute atomic E-state index is 0.124. The third-order valence-electron chi connectivity index (χ3n) is 3.01. The maximum atomic E-state index is 13.9. The van der Waals surface area contributed by atoms with Crippen LogP contribution in [0.4, 0.5) is 15.8 Å². The number of H-pyrrole nitrogens is 1. The van der Waals surface area contributed by atoms with E-state index in [1.807, 2.05) is 0 Å². The molecule has 3 aromatic rings. The van der Waals surface area contributed by atoms with Gasteiger partial charge in [0, 0.05) is 24.2 Å². The van der Waals surface area contributed by atoms with E-state index in [9.17, 15) is 4.39 Å². The molecule has 0 aliphatic heterocycles. The number of nitrogen functional groups attached to an aromatic ring is 1. The molecule has 5 nitrogen and oxygen atoms in total. The molecule has 0 unspecified atom stereocenters. The number of nitrogens with zero attached hydrogens (tertiary/aromatic N) is 1. The maximum Gasteiger partial charge on any atom is 0.167 e. The second-order valence-corrected chi connectivity index (χ2v) is 4.34. The Morgan fingerprint density at radius 2 is 2.10 bits per heavy atom. The minimum atomic E-state index is -0.455. The zero-order valence-corrected chi connectivity index (χ0v) is 10.8. The van der Waals surface area contributed by atoms with Gasteiger partial charge in [-0.25, -0.2) is 4.39 Å². The quantitative estimate of drug-likeness (QED) is 0.640. The van der Waals surface area contributed by atoms with Crippen LogP contribution in [0.5, 0.6) is 11.5 Å². The monoisotopic (exact) mass is 272 g/mol. The molecular formula is C14H13FN4O. The number of rotatable bonds is 3. The second-order valence-electron chi connectivity index (χ2n) is 4.34. The number of nitrogens with one attached hydrogen (secondary N) is 2. The van der Waals surface area contributed by atoms with E-state index in [4.69, 9.17) is 10.5 Å². The highest BCUT2D eigenvalue weighted by atomic mass is 19.1. The van der Waals surface area contributed by atoms with E-state index in [2.05, 4.69) is 15.5 Å². The topological polar surface area (TPSA) is 76.0 Å². The molecule has 0 bridgehead atoms. The summed E-state index contributed by atoms with van der Waals surface area (Å²) >= 11 is 0. The normalized spacial score (nSPS) is 10.7.